The molecule has 0 aromatic heterocycles. The van der Waals surface area contributed by atoms with Crippen LogP contribution in [0.25, 0.3) is 0 Å². The lowest BCUT2D eigenvalue weighted by Crippen LogP contribution is -2.39. The minimum absolute atomic E-state index is 0.134. The van der Waals surface area contributed by atoms with Crippen molar-refractivity contribution in [3.05, 3.63) is 29.3 Å². The molecule has 0 radical (unpaired) electrons. The fourth-order valence-corrected chi connectivity index (χ4v) is 2.30. The predicted molar refractivity (Wildman–Crippen MR) is 76.8 cm³/mol. The summed E-state index contributed by atoms with van der Waals surface area (Å²) in [6.07, 6.45) is 1.63. The summed E-state index contributed by atoms with van der Waals surface area (Å²) in [4.78, 5) is 23.8. The molecule has 5 heteroatoms. The van der Waals surface area contributed by atoms with Crippen molar-refractivity contribution < 1.29 is 14.3 Å². The highest BCUT2D eigenvalue weighted by molar-refractivity contribution is 5.99. The number of nitrogens with one attached hydrogen (secondary N) is 2. The molecule has 1 unspecified atom stereocenters. The number of carbonyl (C=O) groups is 2. The Bertz CT molecular complexity index is 534. The Morgan fingerprint density at radius 1 is 1.35 bits per heavy atom. The Labute approximate surface area is 118 Å². The minimum atomic E-state index is -0.744. The fourth-order valence-electron chi connectivity index (χ4n) is 2.30. The van der Waals surface area contributed by atoms with Crippen molar-refractivity contribution in [1.82, 2.24) is 5.32 Å². The molecule has 1 heterocycles. The molecule has 0 aliphatic carbocycles. The standard InChI is InChI=1S/C15H20N2O3/c1-10-9-11(13(18)16-3)5-6-12(10)17-14(19)15(2)7-4-8-20-15/h5-6,9H,4,7-8H2,1-3H3,(H,16,18)(H,17,19). The first kappa shape index (κ1) is 14.5. The van der Waals surface area contributed by atoms with E-state index in [2.05, 4.69) is 10.6 Å². The van der Waals surface area contributed by atoms with Crippen LogP contribution in [0.5, 0.6) is 0 Å². The summed E-state index contributed by atoms with van der Waals surface area (Å²) in [6, 6.07) is 5.20. The van der Waals surface area contributed by atoms with Gasteiger partial charge in [-0.1, -0.05) is 0 Å². The maximum absolute atomic E-state index is 12.2. The summed E-state index contributed by atoms with van der Waals surface area (Å²) in [6.45, 7) is 4.29. The third kappa shape index (κ3) is 2.82. The smallest absolute Gasteiger partial charge is 0.256 e. The lowest BCUT2D eigenvalue weighted by atomic mass is 10.0. The van der Waals surface area contributed by atoms with Crippen LogP contribution in [-0.4, -0.2) is 31.1 Å². The van der Waals surface area contributed by atoms with Crippen LogP contribution in [0, 0.1) is 6.92 Å². The van der Waals surface area contributed by atoms with Gasteiger partial charge in [0, 0.05) is 24.9 Å². The first-order valence-corrected chi connectivity index (χ1v) is 6.74. The van der Waals surface area contributed by atoms with Gasteiger partial charge in [0.1, 0.15) is 5.60 Å². The van der Waals surface area contributed by atoms with E-state index in [1.54, 1.807) is 25.2 Å². The van der Waals surface area contributed by atoms with E-state index in [9.17, 15) is 9.59 Å². The summed E-state index contributed by atoms with van der Waals surface area (Å²) in [5.41, 5.74) is 1.39. The number of benzene rings is 1. The van der Waals surface area contributed by atoms with Crippen molar-refractivity contribution in [3.63, 3.8) is 0 Å². The van der Waals surface area contributed by atoms with Crippen LogP contribution in [-0.2, 0) is 9.53 Å². The largest absolute Gasteiger partial charge is 0.365 e. The van der Waals surface area contributed by atoms with Gasteiger partial charge in [0.25, 0.3) is 11.8 Å². The molecule has 108 valence electrons. The van der Waals surface area contributed by atoms with Crippen molar-refractivity contribution in [2.75, 3.05) is 19.0 Å². The molecule has 1 fully saturated rings. The first-order chi connectivity index (χ1) is 9.46. The monoisotopic (exact) mass is 276 g/mol. The molecule has 20 heavy (non-hydrogen) atoms. The van der Waals surface area contributed by atoms with E-state index in [4.69, 9.17) is 4.74 Å². The molecule has 2 rings (SSSR count). The Morgan fingerprint density at radius 2 is 2.10 bits per heavy atom. The Hall–Kier alpha value is -1.88. The zero-order valence-corrected chi connectivity index (χ0v) is 12.1. The number of ether oxygens (including phenoxy) is 1. The van der Waals surface area contributed by atoms with Gasteiger partial charge in [-0.15, -0.1) is 0 Å². The molecule has 0 bridgehead atoms. The molecular weight excluding hydrogens is 256 g/mol. The van der Waals surface area contributed by atoms with Crippen LogP contribution < -0.4 is 10.6 Å². The zero-order valence-electron chi connectivity index (χ0n) is 12.1. The second-order valence-corrected chi connectivity index (χ2v) is 5.25. The highest BCUT2D eigenvalue weighted by atomic mass is 16.5. The second kappa shape index (κ2) is 5.63. The molecule has 1 atom stereocenters. The third-order valence-corrected chi connectivity index (χ3v) is 3.66. The van der Waals surface area contributed by atoms with Gasteiger partial charge < -0.3 is 15.4 Å². The summed E-state index contributed by atoms with van der Waals surface area (Å²) in [5, 5.41) is 5.45. The first-order valence-electron chi connectivity index (χ1n) is 6.74. The number of hydrogen-bond acceptors (Lipinski definition) is 3. The summed E-state index contributed by atoms with van der Waals surface area (Å²) in [7, 11) is 1.59. The molecule has 0 saturated carbocycles. The van der Waals surface area contributed by atoms with Gasteiger partial charge in [0.05, 0.1) is 0 Å². The quantitative estimate of drug-likeness (QED) is 0.885. The van der Waals surface area contributed by atoms with E-state index in [1.165, 1.54) is 0 Å². The van der Waals surface area contributed by atoms with Crippen LogP contribution in [0.4, 0.5) is 5.69 Å². The van der Waals surface area contributed by atoms with Gasteiger partial charge in [0.2, 0.25) is 0 Å². The van der Waals surface area contributed by atoms with Crippen molar-refractivity contribution in [1.29, 1.82) is 0 Å². The van der Waals surface area contributed by atoms with E-state index in [1.807, 2.05) is 13.8 Å². The Morgan fingerprint density at radius 3 is 2.65 bits per heavy atom. The van der Waals surface area contributed by atoms with Crippen molar-refractivity contribution >= 4 is 17.5 Å². The summed E-state index contributed by atoms with van der Waals surface area (Å²) < 4.78 is 5.52. The van der Waals surface area contributed by atoms with E-state index < -0.39 is 5.60 Å². The van der Waals surface area contributed by atoms with E-state index in [-0.39, 0.29) is 11.8 Å². The van der Waals surface area contributed by atoms with Gasteiger partial charge in [-0.05, 0) is 50.5 Å². The molecule has 5 nitrogen and oxygen atoms in total. The van der Waals surface area contributed by atoms with Gasteiger partial charge in [-0.2, -0.15) is 0 Å². The average molecular weight is 276 g/mol. The van der Waals surface area contributed by atoms with Gasteiger partial charge in [0.15, 0.2) is 0 Å². The number of hydrogen-bond donors (Lipinski definition) is 2. The molecule has 2 amide bonds. The van der Waals surface area contributed by atoms with Gasteiger partial charge >= 0.3 is 0 Å². The van der Waals surface area contributed by atoms with Crippen molar-refractivity contribution in [3.8, 4) is 0 Å². The highest BCUT2D eigenvalue weighted by Crippen LogP contribution is 2.27. The highest BCUT2D eigenvalue weighted by Gasteiger charge is 2.37. The SMILES string of the molecule is CNC(=O)c1ccc(NC(=O)C2(C)CCCO2)c(C)c1. The number of rotatable bonds is 3. The van der Waals surface area contributed by atoms with E-state index >= 15 is 0 Å². The van der Waals surface area contributed by atoms with Crippen LogP contribution in [0.15, 0.2) is 18.2 Å². The molecular formula is C15H20N2O3. The van der Waals surface area contributed by atoms with Gasteiger partial charge in [-0.25, -0.2) is 0 Å². The van der Waals surface area contributed by atoms with Crippen LogP contribution in [0.2, 0.25) is 0 Å². The molecule has 0 spiro atoms. The summed E-state index contributed by atoms with van der Waals surface area (Å²) >= 11 is 0. The molecule has 1 aromatic carbocycles. The Balaban J connectivity index is 2.14. The molecule has 1 aliphatic rings. The normalized spacial score (nSPS) is 21.6. The molecule has 1 aromatic rings. The Kier molecular flexibility index (Phi) is 4.09. The molecule has 1 aliphatic heterocycles. The maximum Gasteiger partial charge on any atom is 0.256 e. The number of aryl methyl sites for hydroxylation is 1. The average Bonchev–Trinajstić information content (AvgIpc) is 2.88. The van der Waals surface area contributed by atoms with Crippen LogP contribution in [0.1, 0.15) is 35.7 Å². The van der Waals surface area contributed by atoms with Gasteiger partial charge in [-0.3, -0.25) is 9.59 Å². The number of anilines is 1. The topological polar surface area (TPSA) is 67.4 Å². The van der Waals surface area contributed by atoms with E-state index in [0.29, 0.717) is 17.9 Å². The predicted octanol–water partition coefficient (Wildman–Crippen LogP) is 1.86. The zero-order chi connectivity index (χ0) is 14.8. The van der Waals surface area contributed by atoms with Crippen LogP contribution in [0.3, 0.4) is 0 Å². The summed E-state index contributed by atoms with van der Waals surface area (Å²) in [5.74, 6) is -0.275. The number of carbonyl (C=O) groups excluding carboxylic acids is 2. The lowest BCUT2D eigenvalue weighted by Gasteiger charge is -2.22. The maximum atomic E-state index is 12.2. The number of amides is 2. The third-order valence-electron chi connectivity index (χ3n) is 3.66. The molecule has 1 saturated heterocycles. The molecule has 2 N–H and O–H groups in total. The van der Waals surface area contributed by atoms with E-state index in [0.717, 1.165) is 18.4 Å². The minimum Gasteiger partial charge on any atom is -0.365 e. The fraction of sp³-hybridized carbons (Fsp3) is 0.467. The second-order valence-electron chi connectivity index (χ2n) is 5.25. The van der Waals surface area contributed by atoms with Crippen molar-refractivity contribution in [2.45, 2.75) is 32.3 Å². The van der Waals surface area contributed by atoms with Crippen LogP contribution >= 0.6 is 0 Å². The van der Waals surface area contributed by atoms with Crippen molar-refractivity contribution in [2.24, 2.45) is 0 Å². The lowest BCUT2D eigenvalue weighted by molar-refractivity contribution is -0.133.